The van der Waals surface area contributed by atoms with Crippen molar-refractivity contribution >= 4 is 25.0 Å². The van der Waals surface area contributed by atoms with Gasteiger partial charge in [-0.15, -0.1) is 0 Å². The molecule has 0 aliphatic heterocycles. The number of aryl methyl sites for hydroxylation is 2. The number of hydrogen-bond acceptors (Lipinski definition) is 5. The molecule has 1 aliphatic rings. The fourth-order valence-corrected chi connectivity index (χ4v) is 7.13. The van der Waals surface area contributed by atoms with Gasteiger partial charge in [0.15, 0.2) is 0 Å². The second-order valence-corrected chi connectivity index (χ2v) is 17.0. The second-order valence-electron chi connectivity index (χ2n) is 16.2. The minimum absolute atomic E-state index is 0.614. The van der Waals surface area contributed by atoms with Crippen LogP contribution in [0.3, 0.4) is 0 Å². The highest BCUT2D eigenvalue weighted by Crippen LogP contribution is 2.56. The van der Waals surface area contributed by atoms with E-state index in [0.29, 0.717) is 0 Å². The lowest BCUT2D eigenvalue weighted by atomic mass is 9.66. The maximum atomic E-state index is 10.8. The van der Waals surface area contributed by atoms with Crippen molar-refractivity contribution in [1.82, 2.24) is 0 Å². The Morgan fingerprint density at radius 1 is 0.660 bits per heavy atom. The van der Waals surface area contributed by atoms with Gasteiger partial charge in [0, 0.05) is 16.9 Å². The number of unbranched alkanes of at least 4 members (excludes halogenated alkanes) is 3. The molecule has 2 N–H and O–H groups in total. The van der Waals surface area contributed by atoms with Gasteiger partial charge < -0.3 is 19.1 Å². The van der Waals surface area contributed by atoms with Crippen molar-refractivity contribution in [2.45, 2.75) is 134 Å². The predicted octanol–water partition coefficient (Wildman–Crippen LogP) is 9.86. The van der Waals surface area contributed by atoms with Crippen molar-refractivity contribution in [2.75, 3.05) is 0 Å². The van der Waals surface area contributed by atoms with Gasteiger partial charge in [0.05, 0.1) is 22.2 Å². The third-order valence-corrected chi connectivity index (χ3v) is 12.1. The van der Waals surface area contributed by atoms with E-state index in [1.807, 2.05) is 27.7 Å². The molecule has 0 fully saturated rings. The maximum absolute atomic E-state index is 10.8. The first-order chi connectivity index (χ1) is 23.4. The molecule has 5 rings (SSSR count). The summed E-state index contributed by atoms with van der Waals surface area (Å²) in [6.07, 6.45) is 6.04. The Bertz CT molecular complexity index is 1680. The molecule has 4 aromatic carbocycles. The van der Waals surface area contributed by atoms with Crippen LogP contribution in [0.25, 0.3) is 11.1 Å². The average Bonchev–Trinajstić information content (AvgIpc) is 3.34. The van der Waals surface area contributed by atoms with Crippen molar-refractivity contribution in [2.24, 2.45) is 0 Å². The first-order valence-corrected chi connectivity index (χ1v) is 18.9. The topological polar surface area (TPSA) is 58.9 Å². The van der Waals surface area contributed by atoms with Crippen LogP contribution in [0.4, 0.5) is 0 Å². The van der Waals surface area contributed by atoms with Gasteiger partial charge in [0.2, 0.25) is 0 Å². The molecule has 265 valence electrons. The fourth-order valence-electron chi connectivity index (χ4n) is 6.33. The quantitative estimate of drug-likeness (QED) is 0.0651. The molecule has 6 heteroatoms. The summed E-state index contributed by atoms with van der Waals surface area (Å²) in [7, 11) is 1.79. The van der Waals surface area contributed by atoms with Gasteiger partial charge >= 0.3 is 7.48 Å². The highest BCUT2D eigenvalue weighted by molar-refractivity contribution is 7.94. The predicted molar refractivity (Wildman–Crippen MR) is 210 cm³/mol. The SMILES string of the molecule is CCCCCCc1ccc([C@@]2(c3ccc(C)cc3)c3cc([B]OC(C)(C)C(C)(C)O)ccc3-c3ccc(SOC(C)(C)C(C)(C)O)cc32)cc1. The largest absolute Gasteiger partial charge is 0.427 e. The minimum Gasteiger partial charge on any atom is -0.427 e. The van der Waals surface area contributed by atoms with Crippen LogP contribution in [-0.2, 0) is 20.7 Å². The Morgan fingerprint density at radius 3 is 1.80 bits per heavy atom. The third kappa shape index (κ3) is 7.66. The molecule has 1 aliphatic carbocycles. The molecule has 4 nitrogen and oxygen atoms in total. The van der Waals surface area contributed by atoms with E-state index >= 15 is 0 Å². The Kier molecular flexibility index (Phi) is 11.2. The lowest BCUT2D eigenvalue weighted by Gasteiger charge is -2.38. The van der Waals surface area contributed by atoms with Crippen molar-refractivity contribution in [1.29, 1.82) is 0 Å². The second kappa shape index (κ2) is 14.6. The molecule has 50 heavy (non-hydrogen) atoms. The normalized spacial score (nSPS) is 16.3. The Balaban J connectivity index is 1.69. The molecule has 0 bridgehead atoms. The molecular weight excluding hydrogens is 635 g/mol. The number of hydrogen-bond donors (Lipinski definition) is 2. The van der Waals surface area contributed by atoms with Gasteiger partial charge in [0.25, 0.3) is 0 Å². The number of fused-ring (bicyclic) bond motifs is 3. The Morgan fingerprint density at radius 2 is 1.22 bits per heavy atom. The molecule has 1 atom stereocenters. The zero-order valence-corrected chi connectivity index (χ0v) is 32.6. The number of aliphatic hydroxyl groups is 2. The van der Waals surface area contributed by atoms with E-state index in [4.69, 9.17) is 8.84 Å². The van der Waals surface area contributed by atoms with Crippen LogP contribution in [0, 0.1) is 6.92 Å². The van der Waals surface area contributed by atoms with Gasteiger partial charge in [-0.3, -0.25) is 0 Å². The molecular formula is C44H56BO4S. The van der Waals surface area contributed by atoms with Crippen LogP contribution in [0.5, 0.6) is 0 Å². The molecule has 0 saturated carbocycles. The third-order valence-electron chi connectivity index (χ3n) is 11.1. The summed E-state index contributed by atoms with van der Waals surface area (Å²) < 4.78 is 12.6. The van der Waals surface area contributed by atoms with Crippen LogP contribution in [0.1, 0.15) is 121 Å². The monoisotopic (exact) mass is 691 g/mol. The van der Waals surface area contributed by atoms with Crippen LogP contribution in [0.15, 0.2) is 89.8 Å². The van der Waals surface area contributed by atoms with Crippen molar-refractivity contribution < 1.29 is 19.1 Å². The summed E-state index contributed by atoms with van der Waals surface area (Å²) in [5, 5.41) is 21.6. The van der Waals surface area contributed by atoms with Crippen LogP contribution >= 0.6 is 12.0 Å². The van der Waals surface area contributed by atoms with E-state index < -0.39 is 27.8 Å². The zero-order chi connectivity index (χ0) is 36.5. The maximum Gasteiger partial charge on any atom is 0.330 e. The summed E-state index contributed by atoms with van der Waals surface area (Å²) in [5.41, 5.74) is 6.39. The molecule has 4 aromatic rings. The summed E-state index contributed by atoms with van der Waals surface area (Å²) in [6, 6.07) is 31.4. The number of benzene rings is 4. The van der Waals surface area contributed by atoms with E-state index in [0.717, 1.165) is 16.8 Å². The smallest absolute Gasteiger partial charge is 0.330 e. The molecule has 0 saturated heterocycles. The van der Waals surface area contributed by atoms with Crippen molar-refractivity contribution in [3.63, 3.8) is 0 Å². The molecule has 0 unspecified atom stereocenters. The van der Waals surface area contributed by atoms with Gasteiger partial charge in [0.1, 0.15) is 5.60 Å². The van der Waals surface area contributed by atoms with Gasteiger partial charge in [-0.25, -0.2) is 0 Å². The van der Waals surface area contributed by atoms with Gasteiger partial charge in [-0.1, -0.05) is 110 Å². The molecule has 0 spiro atoms. The van der Waals surface area contributed by atoms with Gasteiger partial charge in [-0.05, 0) is 126 Å². The Hall–Kier alpha value is -2.87. The summed E-state index contributed by atoms with van der Waals surface area (Å²) in [5.74, 6) is 0. The molecule has 0 amide bonds. The highest BCUT2D eigenvalue weighted by Gasteiger charge is 2.47. The van der Waals surface area contributed by atoms with E-state index in [1.54, 1.807) is 35.2 Å². The molecule has 0 aromatic heterocycles. The zero-order valence-electron chi connectivity index (χ0n) is 31.8. The molecule has 0 heterocycles. The van der Waals surface area contributed by atoms with Gasteiger partial charge in [-0.2, -0.15) is 0 Å². The summed E-state index contributed by atoms with van der Waals surface area (Å²) >= 11 is 1.31. The first-order valence-electron chi connectivity index (χ1n) is 18.2. The molecule has 1 radical (unpaired) electrons. The standard InChI is InChI=1S/C44H56BO4S/c1-11-12-13-14-15-31-18-22-33(23-19-31)44(32-20-16-30(2)17-21-32)38-28-34(45-48-42(7,8)40(3,4)46)24-26-36(38)37-27-25-35(29-39(37)44)50-49-43(9,10)41(5,6)47/h16-29,46-47H,11-15H2,1-10H3/t44-/m0/s1. The van der Waals surface area contributed by atoms with Crippen molar-refractivity contribution in [3.05, 3.63) is 118 Å². The van der Waals surface area contributed by atoms with Crippen molar-refractivity contribution in [3.8, 4) is 11.1 Å². The van der Waals surface area contributed by atoms with E-state index in [2.05, 4.69) is 98.8 Å². The summed E-state index contributed by atoms with van der Waals surface area (Å²) in [6.45, 7) is 19.2. The first kappa shape index (κ1) is 38.4. The minimum atomic E-state index is -1.03. The summed E-state index contributed by atoms with van der Waals surface area (Å²) in [4.78, 5) is 0.972. The van der Waals surface area contributed by atoms with Crippen LogP contribution < -0.4 is 5.46 Å². The lowest BCUT2D eigenvalue weighted by Crippen LogP contribution is -2.49. The highest BCUT2D eigenvalue weighted by atomic mass is 32.2. The van der Waals surface area contributed by atoms with Crippen LogP contribution in [-0.4, -0.2) is 40.1 Å². The number of rotatable bonds is 15. The van der Waals surface area contributed by atoms with E-state index in [9.17, 15) is 10.2 Å². The van der Waals surface area contributed by atoms with E-state index in [-0.39, 0.29) is 0 Å². The van der Waals surface area contributed by atoms with Crippen LogP contribution in [0.2, 0.25) is 0 Å². The van der Waals surface area contributed by atoms with E-state index in [1.165, 1.54) is 82.2 Å². The fraction of sp³-hybridized carbons (Fsp3) is 0.455. The average molecular weight is 692 g/mol. The lowest BCUT2D eigenvalue weighted by molar-refractivity contribution is -0.0893. The Labute approximate surface area is 306 Å².